The molecule has 1 amide bonds. The number of aromatic nitrogens is 3. The third-order valence-electron chi connectivity index (χ3n) is 6.58. The first-order valence-electron chi connectivity index (χ1n) is 13.6. The molecule has 8 heteroatoms. The molecule has 0 bridgehead atoms. The van der Waals surface area contributed by atoms with Gasteiger partial charge in [-0.3, -0.25) is 10.1 Å². The van der Waals surface area contributed by atoms with Crippen LogP contribution in [0.15, 0.2) is 85.1 Å². The van der Waals surface area contributed by atoms with Gasteiger partial charge in [0, 0.05) is 22.2 Å². The molecule has 0 unspecified atom stereocenters. The predicted molar refractivity (Wildman–Crippen MR) is 163 cm³/mol. The molecule has 0 aliphatic rings. The number of ether oxygens (including phenoxy) is 2. The molecule has 0 spiro atoms. The first-order chi connectivity index (χ1) is 19.6. The van der Waals surface area contributed by atoms with E-state index >= 15 is 0 Å². The topological polar surface area (TPSA) is 115 Å². The number of aromatic amines is 1. The lowest BCUT2D eigenvalue weighted by Gasteiger charge is -2.24. The van der Waals surface area contributed by atoms with E-state index < -0.39 is 11.7 Å². The number of fused-ring (bicyclic) bond motifs is 1. The quantitative estimate of drug-likeness (QED) is 0.186. The second-order valence-electron chi connectivity index (χ2n) is 11.1. The van der Waals surface area contributed by atoms with Crippen molar-refractivity contribution in [1.29, 1.82) is 0 Å². The Morgan fingerprint density at radius 3 is 2.56 bits per heavy atom. The molecule has 0 aliphatic heterocycles. The van der Waals surface area contributed by atoms with Crippen molar-refractivity contribution in [3.8, 4) is 28.1 Å². The van der Waals surface area contributed by atoms with Gasteiger partial charge < -0.3 is 20.5 Å². The van der Waals surface area contributed by atoms with E-state index in [4.69, 9.17) is 20.2 Å². The number of nitrogens with one attached hydrogen (secondary N) is 2. The van der Waals surface area contributed by atoms with Crippen LogP contribution in [0.25, 0.3) is 33.3 Å². The highest BCUT2D eigenvalue weighted by atomic mass is 16.6. The fourth-order valence-corrected chi connectivity index (χ4v) is 4.69. The first-order valence-corrected chi connectivity index (χ1v) is 13.6. The highest BCUT2D eigenvalue weighted by Crippen LogP contribution is 2.35. The van der Waals surface area contributed by atoms with Crippen molar-refractivity contribution in [3.05, 3.63) is 96.3 Å². The van der Waals surface area contributed by atoms with Crippen molar-refractivity contribution >= 4 is 22.7 Å². The van der Waals surface area contributed by atoms with E-state index in [-0.39, 0.29) is 12.6 Å². The number of hydrogen-bond donors (Lipinski definition) is 3. The monoisotopic (exact) mass is 549 g/mol. The molecule has 2 heterocycles. The second-order valence-corrected chi connectivity index (χ2v) is 11.1. The van der Waals surface area contributed by atoms with Crippen molar-refractivity contribution in [3.63, 3.8) is 0 Å². The van der Waals surface area contributed by atoms with Gasteiger partial charge in [-0.15, -0.1) is 0 Å². The SMILES string of the molecule is Cc1n[nH]c2ccc(-c3cc(OC[C@H](Cc4ccccc4)NC(=O)OC(C)(C)C)cnc3-c3cccc(N)c3)cc12. The summed E-state index contributed by atoms with van der Waals surface area (Å²) < 4.78 is 11.8. The van der Waals surface area contributed by atoms with E-state index in [0.717, 1.165) is 44.5 Å². The summed E-state index contributed by atoms with van der Waals surface area (Å²) in [7, 11) is 0. The van der Waals surface area contributed by atoms with Crippen LogP contribution in [0.5, 0.6) is 5.75 Å². The van der Waals surface area contributed by atoms with Crippen molar-refractivity contribution in [1.82, 2.24) is 20.5 Å². The average Bonchev–Trinajstić information content (AvgIpc) is 3.31. The van der Waals surface area contributed by atoms with E-state index in [1.54, 1.807) is 6.20 Å². The van der Waals surface area contributed by atoms with Crippen LogP contribution in [-0.4, -0.2) is 39.5 Å². The number of benzene rings is 3. The van der Waals surface area contributed by atoms with Gasteiger partial charge in [-0.05, 0) is 75.6 Å². The minimum absolute atomic E-state index is 0.229. The summed E-state index contributed by atoms with van der Waals surface area (Å²) in [6.45, 7) is 7.73. The number of carbonyl (C=O) groups excluding carboxylic acids is 1. The number of carbonyl (C=O) groups is 1. The number of pyridine rings is 1. The third-order valence-corrected chi connectivity index (χ3v) is 6.58. The first kappa shape index (κ1) is 27.7. The number of nitrogens with zero attached hydrogens (tertiary/aromatic N) is 2. The molecule has 0 radical (unpaired) electrons. The third kappa shape index (κ3) is 7.03. The normalized spacial score (nSPS) is 12.2. The highest BCUT2D eigenvalue weighted by molar-refractivity contribution is 5.90. The standard InChI is InChI=1S/C33H35N5O3/c1-21-28-17-23(13-14-30(28)38-37-21)29-18-27(19-35-31(29)24-11-8-12-25(34)16-24)40-20-26(15-22-9-6-5-7-10-22)36-32(39)41-33(2,3)4/h5-14,16-19,26H,15,20,34H2,1-4H3,(H,36,39)(H,37,38)/t26-/m0/s1. The molecule has 5 aromatic rings. The lowest BCUT2D eigenvalue weighted by molar-refractivity contribution is 0.0487. The minimum Gasteiger partial charge on any atom is -0.490 e. The Hall–Kier alpha value is -4.85. The maximum Gasteiger partial charge on any atom is 0.408 e. The van der Waals surface area contributed by atoms with Crippen LogP contribution in [0.2, 0.25) is 0 Å². The Balaban J connectivity index is 1.45. The Kier molecular flexibility index (Phi) is 7.92. The summed E-state index contributed by atoms with van der Waals surface area (Å²) in [4.78, 5) is 17.4. The molecule has 2 aromatic heterocycles. The summed E-state index contributed by atoms with van der Waals surface area (Å²) in [5.41, 5.74) is 12.7. The molecule has 0 fully saturated rings. The minimum atomic E-state index is -0.605. The summed E-state index contributed by atoms with van der Waals surface area (Å²) in [6, 6.07) is 25.5. The number of nitrogen functional groups attached to an aromatic ring is 1. The van der Waals surface area contributed by atoms with E-state index in [1.165, 1.54) is 0 Å². The Bertz CT molecular complexity index is 1660. The number of hydrogen-bond acceptors (Lipinski definition) is 6. The summed E-state index contributed by atoms with van der Waals surface area (Å²) in [5, 5.41) is 11.4. The zero-order valence-corrected chi connectivity index (χ0v) is 23.8. The number of H-pyrrole nitrogens is 1. The van der Waals surface area contributed by atoms with Gasteiger partial charge in [-0.2, -0.15) is 5.10 Å². The maximum atomic E-state index is 12.6. The molecule has 8 nitrogen and oxygen atoms in total. The smallest absolute Gasteiger partial charge is 0.408 e. The van der Waals surface area contributed by atoms with E-state index in [9.17, 15) is 4.79 Å². The number of amides is 1. The summed E-state index contributed by atoms with van der Waals surface area (Å²) in [6.07, 6.45) is 1.80. The molecular weight excluding hydrogens is 514 g/mol. The Morgan fingerprint density at radius 2 is 1.80 bits per heavy atom. The highest BCUT2D eigenvalue weighted by Gasteiger charge is 2.21. The second kappa shape index (κ2) is 11.7. The zero-order chi connectivity index (χ0) is 29.0. The fraction of sp³-hybridized carbons (Fsp3) is 0.242. The van der Waals surface area contributed by atoms with E-state index in [0.29, 0.717) is 17.9 Å². The number of rotatable bonds is 8. The van der Waals surface area contributed by atoms with Crippen LogP contribution >= 0.6 is 0 Å². The number of anilines is 1. The largest absolute Gasteiger partial charge is 0.490 e. The Labute approximate surface area is 239 Å². The van der Waals surface area contributed by atoms with E-state index in [2.05, 4.69) is 21.6 Å². The summed E-state index contributed by atoms with van der Waals surface area (Å²) >= 11 is 0. The molecule has 0 saturated heterocycles. The number of alkyl carbamates (subject to hydrolysis) is 1. The molecule has 1 atom stereocenters. The van der Waals surface area contributed by atoms with Gasteiger partial charge in [0.05, 0.1) is 29.1 Å². The molecule has 0 aliphatic carbocycles. The van der Waals surface area contributed by atoms with Crippen molar-refractivity contribution < 1.29 is 14.3 Å². The van der Waals surface area contributed by atoms with Gasteiger partial charge in [0.2, 0.25) is 0 Å². The molecule has 0 saturated carbocycles. The molecule has 210 valence electrons. The lowest BCUT2D eigenvalue weighted by Crippen LogP contribution is -2.43. The van der Waals surface area contributed by atoms with Crippen molar-refractivity contribution in [2.45, 2.75) is 45.8 Å². The van der Waals surface area contributed by atoms with Crippen LogP contribution in [0.1, 0.15) is 32.0 Å². The van der Waals surface area contributed by atoms with E-state index in [1.807, 2.05) is 100 Å². The molecular formula is C33H35N5O3. The number of aryl methyl sites for hydroxylation is 1. The molecule has 5 rings (SSSR count). The van der Waals surface area contributed by atoms with Gasteiger partial charge in [0.25, 0.3) is 0 Å². The van der Waals surface area contributed by atoms with Gasteiger partial charge >= 0.3 is 6.09 Å². The summed E-state index contributed by atoms with van der Waals surface area (Å²) in [5.74, 6) is 0.584. The van der Waals surface area contributed by atoms with Crippen molar-refractivity contribution in [2.75, 3.05) is 12.3 Å². The molecule has 3 aromatic carbocycles. The zero-order valence-electron chi connectivity index (χ0n) is 23.8. The fourth-order valence-electron chi connectivity index (χ4n) is 4.69. The van der Waals surface area contributed by atoms with Gasteiger partial charge in [-0.25, -0.2) is 4.79 Å². The average molecular weight is 550 g/mol. The lowest BCUT2D eigenvalue weighted by atomic mass is 9.97. The van der Waals surface area contributed by atoms with Crippen LogP contribution in [-0.2, 0) is 11.2 Å². The molecule has 4 N–H and O–H groups in total. The maximum absolute atomic E-state index is 12.6. The van der Waals surface area contributed by atoms with Crippen molar-refractivity contribution in [2.24, 2.45) is 0 Å². The Morgan fingerprint density at radius 1 is 1.00 bits per heavy atom. The van der Waals surface area contributed by atoms with Crippen LogP contribution < -0.4 is 15.8 Å². The van der Waals surface area contributed by atoms with Crippen LogP contribution in [0, 0.1) is 6.92 Å². The molecule has 41 heavy (non-hydrogen) atoms. The predicted octanol–water partition coefficient (Wildman–Crippen LogP) is 6.70. The number of nitrogens with two attached hydrogens (primary N) is 1. The van der Waals surface area contributed by atoms with Gasteiger partial charge in [0.1, 0.15) is 18.0 Å². The van der Waals surface area contributed by atoms with Crippen LogP contribution in [0.4, 0.5) is 10.5 Å². The van der Waals surface area contributed by atoms with Gasteiger partial charge in [0.15, 0.2) is 0 Å². The van der Waals surface area contributed by atoms with Crippen LogP contribution in [0.3, 0.4) is 0 Å². The van der Waals surface area contributed by atoms with Gasteiger partial charge in [-0.1, -0.05) is 48.5 Å².